The number of ketones is 1. The maximum Gasteiger partial charge on any atom is 0.341 e. The lowest BCUT2D eigenvalue weighted by molar-refractivity contribution is -0.116. The second kappa shape index (κ2) is 11.0. The maximum atomic E-state index is 12.2. The van der Waals surface area contributed by atoms with E-state index in [0.29, 0.717) is 27.4 Å². The van der Waals surface area contributed by atoms with Crippen molar-refractivity contribution in [3.8, 4) is 0 Å². The van der Waals surface area contributed by atoms with Gasteiger partial charge in [0.2, 0.25) is 5.91 Å². The third-order valence-corrected chi connectivity index (χ3v) is 5.26. The van der Waals surface area contributed by atoms with Crippen LogP contribution < -0.4 is 5.32 Å². The van der Waals surface area contributed by atoms with Crippen LogP contribution in [0.15, 0.2) is 0 Å². The fraction of sp³-hybridized carbons (Fsp3) is 0.632. The van der Waals surface area contributed by atoms with E-state index in [1.165, 1.54) is 26.2 Å². The Morgan fingerprint density at radius 1 is 1.04 bits per heavy atom. The van der Waals surface area contributed by atoms with E-state index in [-0.39, 0.29) is 18.3 Å². The van der Waals surface area contributed by atoms with Crippen molar-refractivity contribution in [3.63, 3.8) is 0 Å². The number of amides is 1. The number of Topliss-reactive ketones (excluding diaryl/α,β-unsaturated/α-hetero) is 1. The van der Waals surface area contributed by atoms with Crippen LogP contribution in [0.5, 0.6) is 0 Å². The van der Waals surface area contributed by atoms with Gasteiger partial charge in [0.05, 0.1) is 17.0 Å². The van der Waals surface area contributed by atoms with E-state index in [1.54, 1.807) is 13.8 Å². The molecule has 0 bridgehead atoms. The van der Waals surface area contributed by atoms with Crippen molar-refractivity contribution >= 4 is 34.0 Å². The predicted octanol–water partition coefficient (Wildman–Crippen LogP) is 5.12. The number of hydrogen-bond donors (Lipinski definition) is 1. The van der Waals surface area contributed by atoms with E-state index >= 15 is 0 Å². The van der Waals surface area contributed by atoms with Gasteiger partial charge in [0.25, 0.3) is 0 Å². The highest BCUT2D eigenvalue weighted by Crippen LogP contribution is 2.34. The lowest BCUT2D eigenvalue weighted by Crippen LogP contribution is -2.14. The molecule has 140 valence electrons. The van der Waals surface area contributed by atoms with Crippen LogP contribution in [0.1, 0.15) is 91.3 Å². The molecule has 0 atom stereocenters. The first kappa shape index (κ1) is 21.4. The molecule has 1 N–H and O–H groups in total. The molecule has 0 radical (unpaired) electrons. The normalized spacial score (nSPS) is 10.6. The molecule has 1 heterocycles. The van der Waals surface area contributed by atoms with Crippen molar-refractivity contribution in [3.05, 3.63) is 16.0 Å². The largest absolute Gasteiger partial charge is 0.462 e. The maximum absolute atomic E-state index is 12.2. The Kier molecular flexibility index (Phi) is 9.42. The Labute approximate surface area is 154 Å². The summed E-state index contributed by atoms with van der Waals surface area (Å²) in [4.78, 5) is 36.6. The van der Waals surface area contributed by atoms with Gasteiger partial charge >= 0.3 is 5.97 Å². The summed E-state index contributed by atoms with van der Waals surface area (Å²) in [7, 11) is 0. The van der Waals surface area contributed by atoms with Gasteiger partial charge in [-0.05, 0) is 32.8 Å². The molecule has 0 saturated heterocycles. The number of carbonyl (C=O) groups excluding carboxylic acids is 3. The first-order chi connectivity index (χ1) is 11.9. The van der Waals surface area contributed by atoms with Gasteiger partial charge in [0, 0.05) is 6.42 Å². The summed E-state index contributed by atoms with van der Waals surface area (Å²) in [5.74, 6) is -0.750. The van der Waals surface area contributed by atoms with Crippen molar-refractivity contribution in [2.24, 2.45) is 0 Å². The number of esters is 1. The third-order valence-electron chi connectivity index (χ3n) is 3.96. The molecule has 25 heavy (non-hydrogen) atoms. The Hall–Kier alpha value is -1.69. The van der Waals surface area contributed by atoms with E-state index in [0.717, 1.165) is 30.6 Å². The molecular weight excluding hydrogens is 338 g/mol. The van der Waals surface area contributed by atoms with Crippen LogP contribution in [0, 0.1) is 6.92 Å². The van der Waals surface area contributed by atoms with E-state index in [2.05, 4.69) is 12.2 Å². The topological polar surface area (TPSA) is 72.5 Å². The quantitative estimate of drug-likeness (QED) is 0.334. The van der Waals surface area contributed by atoms with Crippen LogP contribution in [0.2, 0.25) is 0 Å². The summed E-state index contributed by atoms with van der Waals surface area (Å²) < 4.78 is 5.07. The monoisotopic (exact) mass is 367 g/mol. The average molecular weight is 368 g/mol. The average Bonchev–Trinajstić information content (AvgIpc) is 2.87. The van der Waals surface area contributed by atoms with Gasteiger partial charge < -0.3 is 10.1 Å². The molecule has 1 aromatic heterocycles. The van der Waals surface area contributed by atoms with E-state index in [1.807, 2.05) is 0 Å². The number of anilines is 1. The van der Waals surface area contributed by atoms with Gasteiger partial charge in [-0.15, -0.1) is 11.3 Å². The summed E-state index contributed by atoms with van der Waals surface area (Å²) in [5.41, 5.74) is 0.874. The molecule has 1 amide bonds. The highest BCUT2D eigenvalue weighted by atomic mass is 32.1. The minimum atomic E-state index is -0.501. The Balaban J connectivity index is 2.73. The van der Waals surface area contributed by atoms with Crippen LogP contribution in [0.25, 0.3) is 0 Å². The van der Waals surface area contributed by atoms with E-state index in [4.69, 9.17) is 4.74 Å². The molecular formula is C19H29NO4S. The second-order valence-corrected chi connectivity index (χ2v) is 7.12. The summed E-state index contributed by atoms with van der Waals surface area (Å²) in [6.45, 7) is 7.31. The summed E-state index contributed by atoms with van der Waals surface area (Å²) in [6, 6.07) is 0. The molecule has 0 aromatic carbocycles. The molecule has 5 nitrogen and oxygen atoms in total. The lowest BCUT2D eigenvalue weighted by Gasteiger charge is -2.07. The molecule has 0 aliphatic carbocycles. The number of rotatable bonds is 11. The molecule has 1 rings (SSSR count). The Morgan fingerprint density at radius 2 is 1.68 bits per heavy atom. The van der Waals surface area contributed by atoms with Crippen LogP contribution >= 0.6 is 11.3 Å². The Bertz CT molecular complexity index is 607. The standard InChI is InChI=1S/C19H29NO4S/c1-5-7-8-9-10-11-12-15(22)20-18-16(19(23)24-6-2)13(3)17(25-18)14(4)21/h5-12H2,1-4H3,(H,20,22). The highest BCUT2D eigenvalue weighted by Gasteiger charge is 2.25. The summed E-state index contributed by atoms with van der Waals surface area (Å²) in [6.07, 6.45) is 7.05. The van der Waals surface area contributed by atoms with Crippen molar-refractivity contribution in [1.82, 2.24) is 0 Å². The van der Waals surface area contributed by atoms with Crippen LogP contribution in [0.4, 0.5) is 5.00 Å². The van der Waals surface area contributed by atoms with Crippen molar-refractivity contribution in [2.45, 2.75) is 72.6 Å². The number of carbonyl (C=O) groups is 3. The summed E-state index contributed by atoms with van der Waals surface area (Å²) in [5, 5.41) is 3.21. The fourth-order valence-electron chi connectivity index (χ4n) is 2.64. The predicted molar refractivity (Wildman–Crippen MR) is 102 cm³/mol. The number of hydrogen-bond acceptors (Lipinski definition) is 5. The van der Waals surface area contributed by atoms with Gasteiger partial charge in [0.15, 0.2) is 5.78 Å². The lowest BCUT2D eigenvalue weighted by atomic mass is 10.1. The van der Waals surface area contributed by atoms with Crippen LogP contribution in [-0.4, -0.2) is 24.3 Å². The van der Waals surface area contributed by atoms with Crippen LogP contribution in [-0.2, 0) is 9.53 Å². The fourth-order valence-corrected chi connectivity index (χ4v) is 3.75. The molecule has 0 aliphatic heterocycles. The SMILES string of the molecule is CCCCCCCCC(=O)Nc1sc(C(C)=O)c(C)c1C(=O)OCC. The molecule has 0 saturated carbocycles. The minimum Gasteiger partial charge on any atom is -0.462 e. The first-order valence-electron chi connectivity index (χ1n) is 9.03. The van der Waals surface area contributed by atoms with Crippen molar-refractivity contribution in [2.75, 3.05) is 11.9 Å². The van der Waals surface area contributed by atoms with Gasteiger partial charge in [-0.25, -0.2) is 4.79 Å². The van der Waals surface area contributed by atoms with Crippen molar-refractivity contribution in [1.29, 1.82) is 0 Å². The smallest absolute Gasteiger partial charge is 0.341 e. The Morgan fingerprint density at radius 3 is 2.28 bits per heavy atom. The molecule has 0 aliphatic rings. The minimum absolute atomic E-state index is 0.121. The highest BCUT2D eigenvalue weighted by molar-refractivity contribution is 7.18. The molecule has 6 heteroatoms. The van der Waals surface area contributed by atoms with Gasteiger partial charge in [-0.3, -0.25) is 9.59 Å². The van der Waals surface area contributed by atoms with E-state index in [9.17, 15) is 14.4 Å². The zero-order valence-corrected chi connectivity index (χ0v) is 16.5. The number of thiophene rings is 1. The van der Waals surface area contributed by atoms with Gasteiger partial charge in [-0.1, -0.05) is 39.0 Å². The number of ether oxygens (including phenoxy) is 1. The molecule has 1 aromatic rings. The zero-order chi connectivity index (χ0) is 18.8. The molecule has 0 spiro atoms. The molecule has 0 unspecified atom stereocenters. The number of nitrogens with one attached hydrogen (secondary N) is 1. The van der Waals surface area contributed by atoms with Crippen LogP contribution in [0.3, 0.4) is 0 Å². The zero-order valence-electron chi connectivity index (χ0n) is 15.7. The van der Waals surface area contributed by atoms with Gasteiger partial charge in [-0.2, -0.15) is 0 Å². The first-order valence-corrected chi connectivity index (χ1v) is 9.85. The van der Waals surface area contributed by atoms with Crippen molar-refractivity contribution < 1.29 is 19.1 Å². The second-order valence-electron chi connectivity index (χ2n) is 6.10. The molecule has 0 fully saturated rings. The third kappa shape index (κ3) is 6.61. The summed E-state index contributed by atoms with van der Waals surface area (Å²) >= 11 is 1.14. The van der Waals surface area contributed by atoms with Gasteiger partial charge in [0.1, 0.15) is 5.00 Å². The number of unbranched alkanes of at least 4 members (excludes halogenated alkanes) is 5. The van der Waals surface area contributed by atoms with E-state index < -0.39 is 5.97 Å².